The molecule has 0 spiro atoms. The number of Topliss-reactive ketones (excluding diaryl/α,β-unsaturated/α-hetero) is 1. The van der Waals surface area contributed by atoms with Gasteiger partial charge in [0.15, 0.2) is 5.78 Å². The lowest BCUT2D eigenvalue weighted by Crippen LogP contribution is -2.11. The van der Waals surface area contributed by atoms with Crippen LogP contribution in [0.25, 0.3) is 0 Å². The maximum absolute atomic E-state index is 11.8. The number of hydrogen-bond donors (Lipinski definition) is 0. The molecular weight excluding hydrogens is 294 g/mol. The molecule has 0 N–H and O–H groups in total. The number of hydrogen-bond acceptors (Lipinski definition) is 4. The third-order valence-corrected chi connectivity index (χ3v) is 3.27. The Morgan fingerprint density at radius 1 is 1.56 bits per heavy atom. The summed E-state index contributed by atoms with van der Waals surface area (Å²) in [7, 11) is 0. The molecular formula is C10H10BrNO3S. The molecule has 0 bridgehead atoms. The highest BCUT2D eigenvalue weighted by atomic mass is 79.9. The Morgan fingerprint density at radius 2 is 2.19 bits per heavy atom. The van der Waals surface area contributed by atoms with Gasteiger partial charge in [0.2, 0.25) is 0 Å². The molecule has 1 rings (SSSR count). The van der Waals surface area contributed by atoms with E-state index in [0.717, 1.165) is 0 Å². The summed E-state index contributed by atoms with van der Waals surface area (Å²) in [6.07, 6.45) is 1.72. The second-order valence-electron chi connectivity index (χ2n) is 3.10. The highest BCUT2D eigenvalue weighted by Crippen LogP contribution is 2.32. The third-order valence-electron chi connectivity index (χ3n) is 2.02. The first-order valence-electron chi connectivity index (χ1n) is 4.48. The van der Waals surface area contributed by atoms with Crippen LogP contribution in [-0.4, -0.2) is 21.8 Å². The van der Waals surface area contributed by atoms with E-state index in [9.17, 15) is 14.9 Å². The normalized spacial score (nSPS) is 12.2. The predicted octanol–water partition coefficient (Wildman–Crippen LogP) is 3.28. The molecule has 1 atom stereocenters. The van der Waals surface area contributed by atoms with Crippen molar-refractivity contribution in [2.45, 2.75) is 16.6 Å². The molecule has 0 aliphatic carbocycles. The molecule has 1 aromatic carbocycles. The topological polar surface area (TPSA) is 60.2 Å². The predicted molar refractivity (Wildman–Crippen MR) is 67.6 cm³/mol. The zero-order valence-electron chi connectivity index (χ0n) is 8.77. The summed E-state index contributed by atoms with van der Waals surface area (Å²) in [5.74, 6) is -0.145. The molecule has 0 fully saturated rings. The van der Waals surface area contributed by atoms with Crippen molar-refractivity contribution in [3.05, 3.63) is 33.9 Å². The van der Waals surface area contributed by atoms with Gasteiger partial charge in [0.05, 0.1) is 14.6 Å². The number of nitro benzene ring substituents is 1. The molecule has 0 saturated heterocycles. The number of nitrogens with zero attached hydrogens (tertiary/aromatic N) is 1. The van der Waals surface area contributed by atoms with Crippen LogP contribution in [-0.2, 0) is 0 Å². The first kappa shape index (κ1) is 13.2. The van der Waals surface area contributed by atoms with Crippen molar-refractivity contribution in [3.63, 3.8) is 0 Å². The molecule has 0 aliphatic heterocycles. The van der Waals surface area contributed by atoms with Gasteiger partial charge in [-0.1, -0.05) is 22.0 Å². The van der Waals surface area contributed by atoms with Gasteiger partial charge < -0.3 is 0 Å². The van der Waals surface area contributed by atoms with Crippen LogP contribution in [0.4, 0.5) is 5.69 Å². The summed E-state index contributed by atoms with van der Waals surface area (Å²) in [5, 5.41) is 10.8. The maximum Gasteiger partial charge on any atom is 0.283 e. The molecule has 1 unspecified atom stereocenters. The van der Waals surface area contributed by atoms with Crippen molar-refractivity contribution in [1.82, 2.24) is 0 Å². The van der Waals surface area contributed by atoms with Crippen LogP contribution >= 0.6 is 27.7 Å². The van der Waals surface area contributed by atoms with Crippen molar-refractivity contribution in [2.24, 2.45) is 0 Å². The van der Waals surface area contributed by atoms with E-state index in [-0.39, 0.29) is 16.3 Å². The van der Waals surface area contributed by atoms with Crippen molar-refractivity contribution < 1.29 is 9.72 Å². The first-order valence-corrected chi connectivity index (χ1v) is 6.62. The fourth-order valence-corrected chi connectivity index (χ4v) is 2.28. The lowest BCUT2D eigenvalue weighted by molar-refractivity contribution is -0.387. The fourth-order valence-electron chi connectivity index (χ4n) is 1.29. The molecule has 0 amide bonds. The van der Waals surface area contributed by atoms with E-state index in [0.29, 0.717) is 10.5 Å². The largest absolute Gasteiger partial charge is 0.293 e. The van der Waals surface area contributed by atoms with E-state index in [1.165, 1.54) is 23.9 Å². The van der Waals surface area contributed by atoms with Gasteiger partial charge in [-0.2, -0.15) is 0 Å². The van der Waals surface area contributed by atoms with Gasteiger partial charge in [-0.3, -0.25) is 14.9 Å². The minimum absolute atomic E-state index is 0.0218. The number of nitro groups is 1. The molecule has 6 heteroatoms. The highest BCUT2D eigenvalue weighted by molar-refractivity contribution is 9.10. The molecule has 0 saturated carbocycles. The zero-order chi connectivity index (χ0) is 12.3. The summed E-state index contributed by atoms with van der Waals surface area (Å²) in [6.45, 7) is 1.70. The highest BCUT2D eigenvalue weighted by Gasteiger charge is 2.22. The Hall–Kier alpha value is -0.880. The summed E-state index contributed by atoms with van der Waals surface area (Å²) >= 11 is 4.39. The van der Waals surface area contributed by atoms with Gasteiger partial charge >= 0.3 is 0 Å². The van der Waals surface area contributed by atoms with Crippen LogP contribution in [0.1, 0.15) is 17.3 Å². The molecule has 16 heavy (non-hydrogen) atoms. The Kier molecular flexibility index (Phi) is 4.49. The van der Waals surface area contributed by atoms with Crippen molar-refractivity contribution >= 4 is 39.2 Å². The zero-order valence-corrected chi connectivity index (χ0v) is 11.2. The van der Waals surface area contributed by atoms with Gasteiger partial charge in [0.1, 0.15) is 0 Å². The molecule has 1 aromatic rings. The minimum atomic E-state index is -0.471. The first-order chi connectivity index (χ1) is 7.49. The Labute approximate surface area is 106 Å². The second-order valence-corrected chi connectivity index (χ2v) is 5.29. The fraction of sp³-hybridized carbons (Fsp3) is 0.300. The lowest BCUT2D eigenvalue weighted by Gasteiger charge is -2.08. The third kappa shape index (κ3) is 2.62. The van der Waals surface area contributed by atoms with Crippen molar-refractivity contribution in [1.29, 1.82) is 0 Å². The number of rotatable bonds is 4. The van der Waals surface area contributed by atoms with E-state index in [1.807, 2.05) is 0 Å². The van der Waals surface area contributed by atoms with E-state index in [2.05, 4.69) is 15.9 Å². The summed E-state index contributed by atoms with van der Waals surface area (Å²) in [4.78, 5) is 22.2. The SMILES string of the molecule is CSc1c(C(=O)C(C)Br)cccc1[N+](=O)[O-]. The van der Waals surface area contributed by atoms with Gasteiger partial charge in [-0.05, 0) is 19.2 Å². The standard InChI is InChI=1S/C10H10BrNO3S/c1-6(11)9(13)7-4-3-5-8(12(14)15)10(7)16-2/h3-6H,1-2H3. The van der Waals surface area contributed by atoms with Crippen LogP contribution in [0.2, 0.25) is 0 Å². The maximum atomic E-state index is 11.8. The monoisotopic (exact) mass is 303 g/mol. The quantitative estimate of drug-likeness (QED) is 0.281. The smallest absolute Gasteiger partial charge is 0.283 e. The number of benzene rings is 1. The van der Waals surface area contributed by atoms with E-state index in [4.69, 9.17) is 0 Å². The van der Waals surface area contributed by atoms with Crippen LogP contribution in [0.5, 0.6) is 0 Å². The van der Waals surface area contributed by atoms with Crippen molar-refractivity contribution in [2.75, 3.05) is 6.26 Å². The van der Waals surface area contributed by atoms with E-state index < -0.39 is 4.92 Å². The van der Waals surface area contributed by atoms with Crippen LogP contribution in [0, 0.1) is 10.1 Å². The van der Waals surface area contributed by atoms with Gasteiger partial charge in [0.25, 0.3) is 5.69 Å². The number of ketones is 1. The average Bonchev–Trinajstić information content (AvgIpc) is 2.26. The van der Waals surface area contributed by atoms with Crippen molar-refractivity contribution in [3.8, 4) is 0 Å². The Bertz CT molecular complexity index is 434. The van der Waals surface area contributed by atoms with E-state index >= 15 is 0 Å². The average molecular weight is 304 g/mol. The molecule has 0 aliphatic rings. The number of halogens is 1. The number of carbonyl (C=O) groups excluding carboxylic acids is 1. The van der Waals surface area contributed by atoms with Gasteiger partial charge in [-0.25, -0.2) is 0 Å². The Morgan fingerprint density at radius 3 is 2.62 bits per heavy atom. The van der Waals surface area contributed by atoms with Gasteiger partial charge in [0, 0.05) is 11.6 Å². The molecule has 0 radical (unpaired) electrons. The second kappa shape index (κ2) is 5.45. The van der Waals surface area contributed by atoms with Crippen LogP contribution < -0.4 is 0 Å². The van der Waals surface area contributed by atoms with Crippen LogP contribution in [0.3, 0.4) is 0 Å². The van der Waals surface area contributed by atoms with Crippen LogP contribution in [0.15, 0.2) is 23.1 Å². The summed E-state index contributed by atoms with van der Waals surface area (Å²) in [5.41, 5.74) is 0.373. The summed E-state index contributed by atoms with van der Waals surface area (Å²) in [6, 6.07) is 4.54. The molecule has 0 aromatic heterocycles. The lowest BCUT2D eigenvalue weighted by atomic mass is 10.1. The van der Waals surface area contributed by atoms with Gasteiger partial charge in [-0.15, -0.1) is 11.8 Å². The molecule has 4 nitrogen and oxygen atoms in total. The number of alkyl halides is 1. The number of thioether (sulfide) groups is 1. The number of carbonyl (C=O) groups is 1. The minimum Gasteiger partial charge on any atom is -0.293 e. The molecule has 86 valence electrons. The van der Waals surface area contributed by atoms with E-state index in [1.54, 1.807) is 19.2 Å². The Balaban J connectivity index is 3.35. The summed E-state index contributed by atoms with van der Waals surface area (Å²) < 4.78 is 0. The molecule has 0 heterocycles.